The lowest BCUT2D eigenvalue weighted by molar-refractivity contribution is -0.151. The fourth-order valence-electron chi connectivity index (χ4n) is 7.07. The summed E-state index contributed by atoms with van der Waals surface area (Å²) in [4.78, 5) is 37.6. The average molecular weight is 446 g/mol. The Labute approximate surface area is 191 Å². The molecule has 4 aliphatic rings. The van der Waals surface area contributed by atoms with Gasteiger partial charge in [0.2, 0.25) is 5.91 Å². The first-order chi connectivity index (χ1) is 16.0. The van der Waals surface area contributed by atoms with Gasteiger partial charge in [0.05, 0.1) is 0 Å². The molecule has 4 aliphatic carbocycles. The highest BCUT2D eigenvalue weighted by atomic mass is 16.5. The van der Waals surface area contributed by atoms with E-state index in [1.807, 2.05) is 30.3 Å². The number of carbonyl (C=O) groups excluding carboxylic acids is 2. The molecule has 170 valence electrons. The van der Waals surface area contributed by atoms with Crippen LogP contribution < -0.4 is 10.9 Å². The molecule has 3 aromatic rings. The van der Waals surface area contributed by atoms with Crippen LogP contribution in [0.25, 0.3) is 21.7 Å². The van der Waals surface area contributed by atoms with E-state index in [4.69, 9.17) is 9.15 Å². The Kier molecular flexibility index (Phi) is 4.78. The highest BCUT2D eigenvalue weighted by Crippen LogP contribution is 2.60. The Morgan fingerprint density at radius 2 is 1.70 bits per heavy atom. The third kappa shape index (κ3) is 3.62. The van der Waals surface area contributed by atoms with Gasteiger partial charge in [0, 0.05) is 22.4 Å². The van der Waals surface area contributed by atoms with E-state index in [0.29, 0.717) is 28.9 Å². The van der Waals surface area contributed by atoms with E-state index in [2.05, 4.69) is 5.32 Å². The van der Waals surface area contributed by atoms with Gasteiger partial charge in [-0.2, -0.15) is 0 Å². The molecule has 0 spiro atoms. The van der Waals surface area contributed by atoms with Gasteiger partial charge >= 0.3 is 11.6 Å². The fourth-order valence-corrected chi connectivity index (χ4v) is 7.07. The fraction of sp³-hybridized carbons (Fsp3) is 0.444. The number of esters is 1. The van der Waals surface area contributed by atoms with Crippen molar-refractivity contribution in [3.05, 3.63) is 58.4 Å². The van der Waals surface area contributed by atoms with Crippen molar-refractivity contribution in [2.45, 2.75) is 45.1 Å². The maximum Gasteiger partial charge on any atom is 0.336 e. The number of ether oxygens (including phenoxy) is 1. The molecule has 4 fully saturated rings. The SMILES string of the molecule is O=C(CNC(=O)C12CC3CC(CC(C3)C1)C2)OCc1cc(=O)oc2ccc3ccccc3c12. The lowest BCUT2D eigenvalue weighted by Gasteiger charge is -2.55. The second kappa shape index (κ2) is 7.72. The second-order valence-electron chi connectivity index (χ2n) is 10.3. The van der Waals surface area contributed by atoms with Crippen LogP contribution in [0.5, 0.6) is 0 Å². The van der Waals surface area contributed by atoms with E-state index in [-0.39, 0.29) is 24.5 Å². The molecule has 6 heteroatoms. The molecule has 1 N–H and O–H groups in total. The average Bonchev–Trinajstić information content (AvgIpc) is 2.79. The monoisotopic (exact) mass is 445 g/mol. The van der Waals surface area contributed by atoms with E-state index >= 15 is 0 Å². The zero-order chi connectivity index (χ0) is 22.6. The summed E-state index contributed by atoms with van der Waals surface area (Å²) in [5.74, 6) is 1.51. The van der Waals surface area contributed by atoms with Gasteiger partial charge in [0.25, 0.3) is 0 Å². The van der Waals surface area contributed by atoms with Crippen molar-refractivity contribution in [3.8, 4) is 0 Å². The molecular formula is C27H27NO5. The number of carbonyl (C=O) groups is 2. The van der Waals surface area contributed by atoms with Crippen LogP contribution in [-0.2, 0) is 20.9 Å². The summed E-state index contributed by atoms with van der Waals surface area (Å²) in [6, 6.07) is 12.8. The standard InChI is InChI=1S/C27H27NO5/c29-23-10-20(25-21-4-2-1-3-19(21)5-6-22(25)33-23)15-32-24(30)14-28-26(31)27-11-16-7-17(12-27)9-18(8-16)13-27/h1-6,10,16-18H,7-9,11-15H2,(H,28,31). The van der Waals surface area contributed by atoms with E-state index in [0.717, 1.165) is 35.4 Å². The quantitative estimate of drug-likeness (QED) is 0.359. The van der Waals surface area contributed by atoms with E-state index in [9.17, 15) is 14.4 Å². The molecule has 1 aromatic heterocycles. The predicted molar refractivity (Wildman–Crippen MR) is 123 cm³/mol. The number of rotatable bonds is 5. The van der Waals surface area contributed by atoms with Crippen molar-refractivity contribution in [1.29, 1.82) is 0 Å². The molecule has 2 aromatic carbocycles. The number of amides is 1. The van der Waals surface area contributed by atoms with Gasteiger partial charge in [-0.1, -0.05) is 30.3 Å². The van der Waals surface area contributed by atoms with Crippen LogP contribution in [-0.4, -0.2) is 18.4 Å². The zero-order valence-corrected chi connectivity index (χ0v) is 18.5. The Balaban J connectivity index is 1.15. The first-order valence-electron chi connectivity index (χ1n) is 11.9. The van der Waals surface area contributed by atoms with Gasteiger partial charge in [-0.15, -0.1) is 0 Å². The van der Waals surface area contributed by atoms with E-state index < -0.39 is 11.6 Å². The first kappa shape index (κ1) is 20.5. The van der Waals surface area contributed by atoms with Gasteiger partial charge in [0.15, 0.2) is 0 Å². The molecule has 6 nitrogen and oxygen atoms in total. The van der Waals surface area contributed by atoms with Gasteiger partial charge in [-0.3, -0.25) is 9.59 Å². The summed E-state index contributed by atoms with van der Waals surface area (Å²) in [6.07, 6.45) is 6.67. The summed E-state index contributed by atoms with van der Waals surface area (Å²) in [5, 5.41) is 5.56. The highest BCUT2D eigenvalue weighted by Gasteiger charge is 2.54. The molecule has 4 bridgehead atoms. The normalized spacial score (nSPS) is 27.7. The van der Waals surface area contributed by atoms with Gasteiger partial charge < -0.3 is 14.5 Å². The molecule has 33 heavy (non-hydrogen) atoms. The van der Waals surface area contributed by atoms with Crippen LogP contribution in [0.4, 0.5) is 0 Å². The minimum atomic E-state index is -0.505. The lowest BCUT2D eigenvalue weighted by atomic mass is 9.49. The molecule has 0 saturated heterocycles. The van der Waals surface area contributed by atoms with Crippen molar-refractivity contribution in [1.82, 2.24) is 5.32 Å². The Hall–Kier alpha value is -3.15. The minimum absolute atomic E-state index is 0.00958. The van der Waals surface area contributed by atoms with Crippen molar-refractivity contribution in [3.63, 3.8) is 0 Å². The third-order valence-electron chi connectivity index (χ3n) is 8.02. The van der Waals surface area contributed by atoms with E-state index in [1.165, 1.54) is 25.3 Å². The highest BCUT2D eigenvalue weighted by molar-refractivity contribution is 6.07. The third-order valence-corrected chi connectivity index (χ3v) is 8.02. The molecular weight excluding hydrogens is 418 g/mol. The van der Waals surface area contributed by atoms with Crippen LogP contribution in [0, 0.1) is 23.2 Å². The lowest BCUT2D eigenvalue weighted by Crippen LogP contribution is -2.54. The van der Waals surface area contributed by atoms with E-state index in [1.54, 1.807) is 6.07 Å². The summed E-state index contributed by atoms with van der Waals surface area (Å²) < 4.78 is 10.8. The van der Waals surface area contributed by atoms with Crippen LogP contribution in [0.15, 0.2) is 51.7 Å². The molecule has 1 heterocycles. The molecule has 0 unspecified atom stereocenters. The molecule has 7 rings (SSSR count). The van der Waals surface area contributed by atoms with Gasteiger partial charge in [-0.25, -0.2) is 4.79 Å². The Morgan fingerprint density at radius 3 is 2.42 bits per heavy atom. The predicted octanol–water partition coefficient (Wildman–Crippen LogP) is 4.32. The summed E-state index contributed by atoms with van der Waals surface area (Å²) in [6.45, 7) is -0.205. The summed E-state index contributed by atoms with van der Waals surface area (Å²) >= 11 is 0. The Morgan fingerprint density at radius 1 is 1.00 bits per heavy atom. The van der Waals surface area contributed by atoms with Crippen molar-refractivity contribution >= 4 is 33.6 Å². The largest absolute Gasteiger partial charge is 0.459 e. The molecule has 0 aliphatic heterocycles. The van der Waals surface area contributed by atoms with Gasteiger partial charge in [0.1, 0.15) is 18.7 Å². The number of fused-ring (bicyclic) bond motifs is 3. The van der Waals surface area contributed by atoms with Crippen LogP contribution in [0.1, 0.15) is 44.1 Å². The van der Waals surface area contributed by atoms with Crippen molar-refractivity contribution in [2.75, 3.05) is 6.54 Å². The topological polar surface area (TPSA) is 85.6 Å². The van der Waals surface area contributed by atoms with Crippen LogP contribution in [0.2, 0.25) is 0 Å². The second-order valence-corrected chi connectivity index (χ2v) is 10.3. The zero-order valence-electron chi connectivity index (χ0n) is 18.5. The number of nitrogens with one attached hydrogen (secondary N) is 1. The molecule has 0 radical (unpaired) electrons. The molecule has 0 atom stereocenters. The van der Waals surface area contributed by atoms with Crippen LogP contribution in [0.3, 0.4) is 0 Å². The summed E-state index contributed by atoms with van der Waals surface area (Å²) in [7, 11) is 0. The molecule has 1 amide bonds. The minimum Gasteiger partial charge on any atom is -0.459 e. The Bertz CT molecular complexity index is 1290. The van der Waals surface area contributed by atoms with Crippen LogP contribution >= 0.6 is 0 Å². The number of hydrogen-bond donors (Lipinski definition) is 1. The van der Waals surface area contributed by atoms with Gasteiger partial charge in [-0.05, 0) is 73.1 Å². The number of hydrogen-bond acceptors (Lipinski definition) is 5. The summed E-state index contributed by atoms with van der Waals surface area (Å²) in [5.41, 5.74) is 0.280. The maximum atomic E-state index is 13.1. The number of benzene rings is 2. The smallest absolute Gasteiger partial charge is 0.336 e. The first-order valence-corrected chi connectivity index (χ1v) is 11.9. The van der Waals surface area contributed by atoms with Crippen molar-refractivity contribution in [2.24, 2.45) is 23.2 Å². The maximum absolute atomic E-state index is 13.1. The molecule has 4 saturated carbocycles. The van der Waals surface area contributed by atoms with Crippen molar-refractivity contribution < 1.29 is 18.7 Å².